The first-order chi connectivity index (χ1) is 20.8. The lowest BCUT2D eigenvalue weighted by molar-refractivity contribution is 1.17. The van der Waals surface area contributed by atoms with Crippen molar-refractivity contribution in [2.45, 2.75) is 0 Å². The van der Waals surface area contributed by atoms with Crippen LogP contribution >= 0.6 is 0 Å². The molecule has 1 aliphatic rings. The van der Waals surface area contributed by atoms with Crippen LogP contribution in [0.4, 0.5) is 17.1 Å². The minimum Gasteiger partial charge on any atom is -0.309 e. The first kappa shape index (κ1) is 23.1. The highest BCUT2D eigenvalue weighted by Gasteiger charge is 2.27. The van der Waals surface area contributed by atoms with E-state index in [0.29, 0.717) is 0 Å². The average molecular weight is 536 g/mol. The number of hydrogen-bond acceptors (Lipinski definition) is 2. The van der Waals surface area contributed by atoms with Crippen molar-refractivity contribution in [1.82, 2.24) is 9.55 Å². The maximum absolute atomic E-state index is 4.87. The van der Waals surface area contributed by atoms with E-state index < -0.39 is 0 Å². The number of fused-ring (bicyclic) bond motifs is 5. The Morgan fingerprint density at radius 2 is 1.14 bits per heavy atom. The molecule has 0 radical (unpaired) electrons. The molecule has 0 saturated heterocycles. The van der Waals surface area contributed by atoms with Gasteiger partial charge in [0.2, 0.25) is 0 Å². The van der Waals surface area contributed by atoms with E-state index in [-0.39, 0.29) is 0 Å². The lowest BCUT2D eigenvalue weighted by Crippen LogP contribution is -2.15. The summed E-state index contributed by atoms with van der Waals surface area (Å²) in [5.41, 5.74) is 12.8. The summed E-state index contributed by atoms with van der Waals surface area (Å²) in [5.74, 6) is 0. The molecule has 196 valence electrons. The lowest BCUT2D eigenvalue weighted by Gasteiger charge is -2.33. The zero-order valence-electron chi connectivity index (χ0n) is 22.8. The van der Waals surface area contributed by atoms with Gasteiger partial charge in [-0.05, 0) is 71.3 Å². The largest absolute Gasteiger partial charge is 0.309 e. The summed E-state index contributed by atoms with van der Waals surface area (Å²) in [5, 5.41) is 3.71. The van der Waals surface area contributed by atoms with Crippen LogP contribution in [0.15, 0.2) is 152 Å². The van der Waals surface area contributed by atoms with Crippen molar-refractivity contribution in [3.05, 3.63) is 152 Å². The van der Waals surface area contributed by atoms with Crippen LogP contribution in [0.3, 0.4) is 0 Å². The highest BCUT2D eigenvalue weighted by molar-refractivity contribution is 6.14. The van der Waals surface area contributed by atoms with Crippen LogP contribution in [0.5, 0.6) is 0 Å². The summed E-state index contributed by atoms with van der Waals surface area (Å²) in [7, 11) is 0. The molecule has 6 aromatic carbocycles. The van der Waals surface area contributed by atoms with Crippen LogP contribution in [0.1, 0.15) is 0 Å². The molecule has 0 unspecified atom stereocenters. The highest BCUT2D eigenvalue weighted by Crippen LogP contribution is 2.51. The van der Waals surface area contributed by atoms with Crippen molar-refractivity contribution in [3.63, 3.8) is 0 Å². The zero-order chi connectivity index (χ0) is 27.6. The van der Waals surface area contributed by atoms with E-state index in [2.05, 4.69) is 155 Å². The Morgan fingerprint density at radius 1 is 0.452 bits per heavy atom. The van der Waals surface area contributed by atoms with Crippen molar-refractivity contribution < 1.29 is 0 Å². The van der Waals surface area contributed by atoms with Crippen LogP contribution in [0.25, 0.3) is 60.6 Å². The molecular formula is C39H25N3. The van der Waals surface area contributed by atoms with Gasteiger partial charge in [0.1, 0.15) is 0 Å². The van der Waals surface area contributed by atoms with Gasteiger partial charge in [-0.15, -0.1) is 0 Å². The minimum atomic E-state index is 1.00. The molecule has 1 aliphatic heterocycles. The van der Waals surface area contributed by atoms with Crippen molar-refractivity contribution in [2.24, 2.45) is 0 Å². The third-order valence-electron chi connectivity index (χ3n) is 8.53. The predicted octanol–water partition coefficient (Wildman–Crippen LogP) is 10.4. The van der Waals surface area contributed by atoms with Gasteiger partial charge in [-0.25, -0.2) is 0 Å². The second kappa shape index (κ2) is 8.92. The highest BCUT2D eigenvalue weighted by atomic mass is 15.2. The summed E-state index contributed by atoms with van der Waals surface area (Å²) in [4.78, 5) is 7.26. The first-order valence-electron chi connectivity index (χ1n) is 14.3. The van der Waals surface area contributed by atoms with Gasteiger partial charge >= 0.3 is 0 Å². The van der Waals surface area contributed by atoms with Crippen LogP contribution in [0, 0.1) is 0 Å². The molecule has 0 fully saturated rings. The zero-order valence-corrected chi connectivity index (χ0v) is 22.8. The third kappa shape index (κ3) is 3.31. The SMILES string of the molecule is c1ccc(-c2cc3c4c(ccnc4c2)N(c2cccc(-n4c5ccccc5c5ccccc54)c2)c2ccccc2-3)cc1. The Labute approximate surface area is 243 Å². The molecule has 0 N–H and O–H groups in total. The predicted molar refractivity (Wildman–Crippen MR) is 175 cm³/mol. The summed E-state index contributed by atoms with van der Waals surface area (Å²) in [6, 6.07) is 52.2. The molecule has 3 heterocycles. The Bertz CT molecular complexity index is 2260. The molecule has 0 spiro atoms. The quantitative estimate of drug-likeness (QED) is 0.224. The van der Waals surface area contributed by atoms with Crippen LogP contribution < -0.4 is 4.90 Å². The maximum atomic E-state index is 4.87. The molecule has 0 atom stereocenters. The smallest absolute Gasteiger partial charge is 0.0735 e. The van der Waals surface area contributed by atoms with E-state index in [9.17, 15) is 0 Å². The van der Waals surface area contributed by atoms with Gasteiger partial charge in [-0.3, -0.25) is 4.98 Å². The number of hydrogen-bond donors (Lipinski definition) is 0. The van der Waals surface area contributed by atoms with Crippen molar-refractivity contribution in [3.8, 4) is 27.9 Å². The van der Waals surface area contributed by atoms with Gasteiger partial charge in [0.15, 0.2) is 0 Å². The Hall–Kier alpha value is -5.67. The minimum absolute atomic E-state index is 1.00. The summed E-state index contributed by atoms with van der Waals surface area (Å²) in [6.45, 7) is 0. The van der Waals surface area contributed by atoms with E-state index in [4.69, 9.17) is 4.98 Å². The van der Waals surface area contributed by atoms with Gasteiger partial charge in [0.05, 0.1) is 27.9 Å². The Morgan fingerprint density at radius 3 is 1.95 bits per heavy atom. The van der Waals surface area contributed by atoms with E-state index in [0.717, 1.165) is 22.6 Å². The molecule has 0 amide bonds. The number of nitrogens with zero attached hydrogens (tertiary/aromatic N) is 3. The number of benzene rings is 6. The van der Waals surface area contributed by atoms with Crippen LogP contribution in [-0.4, -0.2) is 9.55 Å². The van der Waals surface area contributed by atoms with E-state index in [1.807, 2.05) is 6.20 Å². The van der Waals surface area contributed by atoms with Crippen LogP contribution in [0.2, 0.25) is 0 Å². The Kier molecular flexibility index (Phi) is 4.90. The summed E-state index contributed by atoms with van der Waals surface area (Å²) < 4.78 is 2.38. The second-order valence-electron chi connectivity index (χ2n) is 10.9. The fraction of sp³-hybridized carbons (Fsp3) is 0. The fourth-order valence-electron chi connectivity index (χ4n) is 6.74. The number of para-hydroxylation sites is 3. The molecule has 0 saturated carbocycles. The number of rotatable bonds is 3. The summed E-state index contributed by atoms with van der Waals surface area (Å²) >= 11 is 0. The van der Waals surface area contributed by atoms with Crippen molar-refractivity contribution in [2.75, 3.05) is 4.90 Å². The molecule has 9 rings (SSSR count). The van der Waals surface area contributed by atoms with E-state index >= 15 is 0 Å². The van der Waals surface area contributed by atoms with E-state index in [1.54, 1.807) is 0 Å². The van der Waals surface area contributed by atoms with Gasteiger partial charge in [-0.1, -0.05) is 91.0 Å². The molecule has 42 heavy (non-hydrogen) atoms. The van der Waals surface area contributed by atoms with Crippen molar-refractivity contribution in [1.29, 1.82) is 0 Å². The van der Waals surface area contributed by atoms with Gasteiger partial charge < -0.3 is 9.47 Å². The van der Waals surface area contributed by atoms with Crippen LogP contribution in [-0.2, 0) is 0 Å². The molecule has 8 aromatic rings. The molecular weight excluding hydrogens is 510 g/mol. The Balaban J connectivity index is 1.29. The molecule has 3 heteroatoms. The van der Waals surface area contributed by atoms with E-state index in [1.165, 1.54) is 55.1 Å². The monoisotopic (exact) mass is 535 g/mol. The van der Waals surface area contributed by atoms with Gasteiger partial charge in [0, 0.05) is 39.3 Å². The molecule has 3 nitrogen and oxygen atoms in total. The number of pyridine rings is 1. The number of aromatic nitrogens is 2. The van der Waals surface area contributed by atoms with Gasteiger partial charge in [-0.2, -0.15) is 0 Å². The topological polar surface area (TPSA) is 21.1 Å². The average Bonchev–Trinajstić information content (AvgIpc) is 3.40. The maximum Gasteiger partial charge on any atom is 0.0735 e. The first-order valence-corrected chi connectivity index (χ1v) is 14.3. The second-order valence-corrected chi connectivity index (χ2v) is 10.9. The molecule has 2 aromatic heterocycles. The third-order valence-corrected chi connectivity index (χ3v) is 8.53. The molecule has 0 bridgehead atoms. The van der Waals surface area contributed by atoms with Gasteiger partial charge in [0.25, 0.3) is 0 Å². The molecule has 0 aliphatic carbocycles. The standard InChI is InChI=1S/C39H25N3/c1-2-11-26(12-3-1)27-23-33-32-17-6-9-20-37(32)42(38-21-22-40-34(24-27)39(33)38)29-14-10-13-28(25-29)41-35-18-7-4-15-30(35)31-16-5-8-19-36(31)41/h1-25H. The lowest BCUT2D eigenvalue weighted by atomic mass is 9.89. The fourth-order valence-corrected chi connectivity index (χ4v) is 6.74. The summed E-state index contributed by atoms with van der Waals surface area (Å²) in [6.07, 6.45) is 1.94. The normalized spacial score (nSPS) is 12.2. The van der Waals surface area contributed by atoms with Crippen molar-refractivity contribution >= 4 is 49.8 Å². The number of anilines is 3.